The van der Waals surface area contributed by atoms with Crippen LogP contribution >= 0.6 is 0 Å². The van der Waals surface area contributed by atoms with Gasteiger partial charge in [-0.2, -0.15) is 0 Å². The number of carbonyl (C=O) groups excluding carboxylic acids is 1. The van der Waals surface area contributed by atoms with Gasteiger partial charge in [0.25, 0.3) is 0 Å². The molecular weight excluding hydrogens is 207 g/mol. The van der Waals surface area contributed by atoms with Crippen molar-refractivity contribution in [1.82, 2.24) is 0 Å². The minimum atomic E-state index is -0.326. The zero-order chi connectivity index (χ0) is 11.4. The average molecular weight is 216 g/mol. The Labute approximate surface area is 92.0 Å². The van der Waals surface area contributed by atoms with Crippen LogP contribution in [0.25, 0.3) is 6.08 Å². The van der Waals surface area contributed by atoms with Crippen LogP contribution in [-0.2, 0) is 0 Å². The number of ketones is 1. The molecular formula is C13H9FO2. The van der Waals surface area contributed by atoms with Gasteiger partial charge in [-0.15, -0.1) is 0 Å². The molecule has 0 saturated carbocycles. The second-order valence-electron chi connectivity index (χ2n) is 3.23. The molecule has 0 atom stereocenters. The molecule has 0 radical (unpaired) electrons. The third-order valence-corrected chi connectivity index (χ3v) is 2.04. The van der Waals surface area contributed by atoms with E-state index in [4.69, 9.17) is 4.42 Å². The molecule has 2 rings (SSSR count). The summed E-state index contributed by atoms with van der Waals surface area (Å²) in [5, 5.41) is 0. The molecule has 0 spiro atoms. The molecule has 0 bridgehead atoms. The van der Waals surface area contributed by atoms with Crippen LogP contribution in [0.3, 0.4) is 0 Å². The number of furan rings is 1. The minimum Gasteiger partial charge on any atom is -0.461 e. The van der Waals surface area contributed by atoms with Gasteiger partial charge in [0, 0.05) is 0 Å². The summed E-state index contributed by atoms with van der Waals surface area (Å²) >= 11 is 0. The Bertz CT molecular complexity index is 512. The first-order valence-electron chi connectivity index (χ1n) is 4.77. The average Bonchev–Trinajstić information content (AvgIpc) is 2.79. The van der Waals surface area contributed by atoms with E-state index >= 15 is 0 Å². The maximum absolute atomic E-state index is 12.8. The second-order valence-corrected chi connectivity index (χ2v) is 3.23. The monoisotopic (exact) mass is 216 g/mol. The summed E-state index contributed by atoms with van der Waals surface area (Å²) in [6.07, 6.45) is 4.34. The van der Waals surface area contributed by atoms with Gasteiger partial charge in [0.2, 0.25) is 5.78 Å². The highest BCUT2D eigenvalue weighted by Gasteiger charge is 2.03. The molecule has 1 aromatic carbocycles. The predicted molar refractivity (Wildman–Crippen MR) is 58.5 cm³/mol. The molecule has 0 N–H and O–H groups in total. The lowest BCUT2D eigenvalue weighted by Crippen LogP contribution is -1.90. The maximum Gasteiger partial charge on any atom is 0.221 e. The van der Waals surface area contributed by atoms with E-state index in [1.807, 2.05) is 0 Å². The molecule has 2 aromatic rings. The van der Waals surface area contributed by atoms with Gasteiger partial charge in [-0.3, -0.25) is 4.79 Å². The van der Waals surface area contributed by atoms with Gasteiger partial charge < -0.3 is 4.42 Å². The summed E-state index contributed by atoms with van der Waals surface area (Å²) in [7, 11) is 0. The van der Waals surface area contributed by atoms with Gasteiger partial charge in [-0.05, 0) is 35.9 Å². The van der Waals surface area contributed by atoms with E-state index in [0.29, 0.717) is 5.56 Å². The first-order valence-corrected chi connectivity index (χ1v) is 4.77. The molecule has 16 heavy (non-hydrogen) atoms. The van der Waals surface area contributed by atoms with Gasteiger partial charge in [0.05, 0.1) is 6.26 Å². The molecule has 1 heterocycles. The Kier molecular flexibility index (Phi) is 2.96. The van der Waals surface area contributed by atoms with Gasteiger partial charge in [0.1, 0.15) is 5.82 Å². The lowest BCUT2D eigenvalue weighted by atomic mass is 10.2. The number of halogens is 1. The minimum absolute atomic E-state index is 0.241. The number of benzene rings is 1. The van der Waals surface area contributed by atoms with E-state index < -0.39 is 0 Å². The molecule has 0 aliphatic rings. The number of hydrogen-bond donors (Lipinski definition) is 0. The van der Waals surface area contributed by atoms with Crippen molar-refractivity contribution in [2.24, 2.45) is 0 Å². The Morgan fingerprint density at radius 1 is 1.25 bits per heavy atom. The molecule has 0 aliphatic heterocycles. The fourth-order valence-electron chi connectivity index (χ4n) is 1.28. The van der Waals surface area contributed by atoms with Gasteiger partial charge in [-0.25, -0.2) is 4.39 Å². The zero-order valence-corrected chi connectivity index (χ0v) is 8.39. The van der Waals surface area contributed by atoms with E-state index in [1.165, 1.54) is 24.5 Å². The normalized spacial score (nSPS) is 10.8. The molecule has 0 unspecified atom stereocenters. The van der Waals surface area contributed by atoms with Crippen LogP contribution in [0.4, 0.5) is 4.39 Å². The van der Waals surface area contributed by atoms with Crippen LogP contribution in [0.15, 0.2) is 53.2 Å². The van der Waals surface area contributed by atoms with Crippen molar-refractivity contribution in [1.29, 1.82) is 0 Å². The summed E-state index contributed by atoms with van der Waals surface area (Å²) < 4.78 is 17.8. The van der Waals surface area contributed by atoms with Crippen molar-refractivity contribution in [2.45, 2.75) is 0 Å². The van der Waals surface area contributed by atoms with E-state index in [0.717, 1.165) is 0 Å². The van der Waals surface area contributed by atoms with E-state index in [-0.39, 0.29) is 17.4 Å². The number of hydrogen-bond acceptors (Lipinski definition) is 2. The Morgan fingerprint density at radius 2 is 2.12 bits per heavy atom. The van der Waals surface area contributed by atoms with E-state index in [2.05, 4.69) is 0 Å². The molecule has 1 aromatic heterocycles. The third-order valence-electron chi connectivity index (χ3n) is 2.04. The van der Waals surface area contributed by atoms with Crippen molar-refractivity contribution in [2.75, 3.05) is 0 Å². The zero-order valence-electron chi connectivity index (χ0n) is 8.39. The molecule has 3 heteroatoms. The molecule has 80 valence electrons. The first kappa shape index (κ1) is 10.4. The summed E-state index contributed by atoms with van der Waals surface area (Å²) in [6.45, 7) is 0. The van der Waals surface area contributed by atoms with Crippen molar-refractivity contribution >= 4 is 11.9 Å². The topological polar surface area (TPSA) is 30.2 Å². The fourth-order valence-corrected chi connectivity index (χ4v) is 1.28. The SMILES string of the molecule is O=C(C=Cc1cccc(F)c1)c1ccco1. The maximum atomic E-state index is 12.8. The number of rotatable bonds is 3. The summed E-state index contributed by atoms with van der Waals surface area (Å²) in [5.74, 6) is -0.297. The van der Waals surface area contributed by atoms with Crippen LogP contribution < -0.4 is 0 Å². The highest BCUT2D eigenvalue weighted by atomic mass is 19.1. The van der Waals surface area contributed by atoms with Crippen molar-refractivity contribution in [3.8, 4) is 0 Å². The molecule has 0 aliphatic carbocycles. The Hall–Kier alpha value is -2.16. The summed E-state index contributed by atoms with van der Waals surface area (Å²) in [6, 6.07) is 9.24. The number of carbonyl (C=O) groups is 1. The van der Waals surface area contributed by atoms with Gasteiger partial charge in [0.15, 0.2) is 5.76 Å². The van der Waals surface area contributed by atoms with Crippen LogP contribution in [0, 0.1) is 5.82 Å². The van der Waals surface area contributed by atoms with Crippen LogP contribution in [0.2, 0.25) is 0 Å². The largest absolute Gasteiger partial charge is 0.461 e. The van der Waals surface area contributed by atoms with E-state index in [1.54, 1.807) is 30.3 Å². The van der Waals surface area contributed by atoms with Crippen molar-refractivity contribution in [3.63, 3.8) is 0 Å². The van der Waals surface area contributed by atoms with E-state index in [9.17, 15) is 9.18 Å². The lowest BCUT2D eigenvalue weighted by molar-refractivity contribution is 0.102. The van der Waals surface area contributed by atoms with Crippen LogP contribution in [0.5, 0.6) is 0 Å². The van der Waals surface area contributed by atoms with Crippen molar-refractivity contribution < 1.29 is 13.6 Å². The van der Waals surface area contributed by atoms with Crippen LogP contribution in [-0.4, -0.2) is 5.78 Å². The summed E-state index contributed by atoms with van der Waals surface area (Å²) in [5.41, 5.74) is 0.639. The molecule has 0 amide bonds. The quantitative estimate of drug-likeness (QED) is 0.582. The van der Waals surface area contributed by atoms with Crippen LogP contribution in [0.1, 0.15) is 16.1 Å². The Morgan fingerprint density at radius 3 is 2.81 bits per heavy atom. The highest BCUT2D eigenvalue weighted by Crippen LogP contribution is 2.07. The molecule has 0 fully saturated rings. The third kappa shape index (κ3) is 2.45. The van der Waals surface area contributed by atoms with Gasteiger partial charge >= 0.3 is 0 Å². The predicted octanol–water partition coefficient (Wildman–Crippen LogP) is 3.31. The first-order chi connectivity index (χ1) is 7.75. The number of allylic oxidation sites excluding steroid dienone is 1. The second kappa shape index (κ2) is 4.57. The molecule has 2 nitrogen and oxygen atoms in total. The lowest BCUT2D eigenvalue weighted by Gasteiger charge is -1.92. The smallest absolute Gasteiger partial charge is 0.221 e. The highest BCUT2D eigenvalue weighted by molar-refractivity contribution is 6.04. The van der Waals surface area contributed by atoms with Gasteiger partial charge in [-0.1, -0.05) is 18.2 Å². The Balaban J connectivity index is 2.13. The summed E-state index contributed by atoms with van der Waals surface area (Å²) in [4.78, 5) is 11.5. The fraction of sp³-hybridized carbons (Fsp3) is 0. The standard InChI is InChI=1S/C13H9FO2/c14-11-4-1-3-10(9-11)6-7-12(15)13-5-2-8-16-13/h1-9H. The van der Waals surface area contributed by atoms with Crippen molar-refractivity contribution in [3.05, 3.63) is 65.9 Å². The molecule has 0 saturated heterocycles.